The van der Waals surface area contributed by atoms with Gasteiger partial charge in [0.1, 0.15) is 11.6 Å². The summed E-state index contributed by atoms with van der Waals surface area (Å²) in [5.74, 6) is -0.458. The van der Waals surface area contributed by atoms with Crippen LogP contribution >= 0.6 is 38.6 Å². The van der Waals surface area contributed by atoms with Crippen molar-refractivity contribution in [1.29, 1.82) is 0 Å². The van der Waals surface area contributed by atoms with Crippen molar-refractivity contribution >= 4 is 64.2 Å². The number of rotatable bonds is 1. The van der Waals surface area contributed by atoms with Crippen LogP contribution in [0.5, 0.6) is 0 Å². The van der Waals surface area contributed by atoms with E-state index in [1.165, 1.54) is 35.6 Å². The Balaban J connectivity index is 0.000000132. The summed E-state index contributed by atoms with van der Waals surface area (Å²) in [4.78, 5) is 10.8. The van der Waals surface area contributed by atoms with Crippen LogP contribution in [0.3, 0.4) is 0 Å². The molecule has 33 heavy (non-hydrogen) atoms. The SMILES string of the molecule is C1CNCCN1.Fc1ccc2sc(Br)nc2c1.Fc1ccc2sc(N3CCNCC3)nc2c1. The second-order valence-corrected chi connectivity index (χ2v) is 10.7. The van der Waals surface area contributed by atoms with E-state index in [4.69, 9.17) is 0 Å². The third-order valence-electron chi connectivity index (χ3n) is 5.01. The summed E-state index contributed by atoms with van der Waals surface area (Å²) in [5.41, 5.74) is 1.47. The zero-order valence-electron chi connectivity index (χ0n) is 17.9. The van der Waals surface area contributed by atoms with Crippen LogP contribution in [0, 0.1) is 11.6 Å². The summed E-state index contributed by atoms with van der Waals surface area (Å²) in [5, 5.41) is 10.7. The third kappa shape index (κ3) is 7.11. The van der Waals surface area contributed by atoms with E-state index in [9.17, 15) is 8.78 Å². The molecule has 4 heterocycles. The van der Waals surface area contributed by atoms with Gasteiger partial charge in [-0.15, -0.1) is 11.3 Å². The van der Waals surface area contributed by atoms with Crippen LogP contribution in [0.2, 0.25) is 0 Å². The fourth-order valence-corrected chi connectivity index (χ4v) is 5.74. The molecule has 0 radical (unpaired) electrons. The Bertz CT molecular complexity index is 1160. The van der Waals surface area contributed by atoms with Crippen LogP contribution in [-0.2, 0) is 0 Å². The topological polar surface area (TPSA) is 65.1 Å². The number of nitrogens with zero attached hydrogens (tertiary/aromatic N) is 3. The predicted octanol–water partition coefficient (Wildman–Crippen LogP) is 4.22. The van der Waals surface area contributed by atoms with Gasteiger partial charge in [0.25, 0.3) is 0 Å². The van der Waals surface area contributed by atoms with Crippen LogP contribution in [-0.4, -0.2) is 62.3 Å². The maximum absolute atomic E-state index is 13.0. The quantitative estimate of drug-likeness (QED) is 0.327. The average Bonchev–Trinajstić information content (AvgIpc) is 3.43. The van der Waals surface area contributed by atoms with E-state index in [0.29, 0.717) is 5.52 Å². The van der Waals surface area contributed by atoms with Gasteiger partial charge >= 0.3 is 0 Å². The smallest absolute Gasteiger partial charge is 0.186 e. The molecule has 0 aliphatic carbocycles. The Morgan fingerprint density at radius 1 is 0.727 bits per heavy atom. The van der Waals surface area contributed by atoms with Crippen molar-refractivity contribution < 1.29 is 8.78 Å². The molecule has 176 valence electrons. The molecule has 2 aromatic heterocycles. The number of halogens is 3. The van der Waals surface area contributed by atoms with Crippen LogP contribution in [0.25, 0.3) is 20.4 Å². The first-order valence-corrected chi connectivity index (χ1v) is 13.2. The summed E-state index contributed by atoms with van der Waals surface area (Å²) in [6.07, 6.45) is 0. The molecule has 6 rings (SSSR count). The molecule has 2 aromatic carbocycles. The number of thiazole rings is 2. The first-order chi connectivity index (χ1) is 16.1. The van der Waals surface area contributed by atoms with Gasteiger partial charge in [0, 0.05) is 64.5 Å². The normalized spacial score (nSPS) is 16.2. The lowest BCUT2D eigenvalue weighted by Crippen LogP contribution is -2.43. The highest BCUT2D eigenvalue weighted by Gasteiger charge is 2.14. The molecule has 0 atom stereocenters. The number of hydrogen-bond donors (Lipinski definition) is 3. The summed E-state index contributed by atoms with van der Waals surface area (Å²) in [7, 11) is 0. The van der Waals surface area contributed by atoms with Crippen LogP contribution in [0.15, 0.2) is 40.3 Å². The van der Waals surface area contributed by atoms with Gasteiger partial charge in [-0.05, 0) is 40.2 Å². The van der Waals surface area contributed by atoms with Crippen molar-refractivity contribution in [2.45, 2.75) is 0 Å². The van der Waals surface area contributed by atoms with Gasteiger partial charge in [-0.3, -0.25) is 0 Å². The van der Waals surface area contributed by atoms with E-state index in [0.717, 1.165) is 76.3 Å². The van der Waals surface area contributed by atoms with Gasteiger partial charge in [-0.1, -0.05) is 11.3 Å². The molecule has 2 aliphatic heterocycles. The van der Waals surface area contributed by atoms with Crippen molar-refractivity contribution in [2.75, 3.05) is 57.3 Å². The minimum absolute atomic E-state index is 0.218. The molecule has 6 nitrogen and oxygen atoms in total. The minimum atomic E-state index is -0.240. The van der Waals surface area contributed by atoms with Crippen molar-refractivity contribution in [3.63, 3.8) is 0 Å². The molecule has 0 bridgehead atoms. The number of anilines is 1. The molecular weight excluding hydrogens is 530 g/mol. The maximum Gasteiger partial charge on any atom is 0.186 e. The highest BCUT2D eigenvalue weighted by atomic mass is 79.9. The molecule has 3 N–H and O–H groups in total. The van der Waals surface area contributed by atoms with Crippen LogP contribution in [0.4, 0.5) is 13.9 Å². The lowest BCUT2D eigenvalue weighted by atomic mass is 10.3. The van der Waals surface area contributed by atoms with Gasteiger partial charge in [-0.25, -0.2) is 18.7 Å². The molecule has 0 saturated carbocycles. The number of fused-ring (bicyclic) bond motifs is 2. The first-order valence-electron chi connectivity index (χ1n) is 10.7. The number of aromatic nitrogens is 2. The fourth-order valence-electron chi connectivity index (χ4n) is 3.36. The van der Waals surface area contributed by atoms with Gasteiger partial charge in [0.15, 0.2) is 9.05 Å². The molecule has 2 aliphatic rings. The third-order valence-corrected chi connectivity index (χ3v) is 7.59. The Kier molecular flexibility index (Phi) is 8.93. The number of benzene rings is 2. The van der Waals surface area contributed by atoms with Gasteiger partial charge in [0.2, 0.25) is 0 Å². The Morgan fingerprint density at radius 3 is 1.82 bits per heavy atom. The standard InChI is InChI=1S/C11H12FN3S.C7H3BrFNS.C4H10N2/c12-8-1-2-10-9(7-8)14-11(16-10)15-5-3-13-4-6-15;8-7-10-5-3-4(9)1-2-6(5)11-7;1-2-6-4-3-5-1/h1-2,7,13H,3-6H2;1-3H;5-6H,1-4H2. The molecule has 0 amide bonds. The lowest BCUT2D eigenvalue weighted by Gasteiger charge is -2.26. The van der Waals surface area contributed by atoms with Gasteiger partial charge in [-0.2, -0.15) is 0 Å². The number of piperazine rings is 2. The van der Waals surface area contributed by atoms with Crippen molar-refractivity contribution in [3.8, 4) is 0 Å². The van der Waals surface area contributed by atoms with E-state index >= 15 is 0 Å². The molecule has 2 fully saturated rings. The summed E-state index contributed by atoms with van der Waals surface area (Å²) in [6.45, 7) is 8.49. The van der Waals surface area contributed by atoms with Crippen LogP contribution in [0.1, 0.15) is 0 Å². The van der Waals surface area contributed by atoms with Crippen LogP contribution < -0.4 is 20.9 Å². The van der Waals surface area contributed by atoms with Crippen molar-refractivity contribution in [3.05, 3.63) is 51.9 Å². The molecule has 4 aromatic rings. The predicted molar refractivity (Wildman–Crippen MR) is 138 cm³/mol. The second kappa shape index (κ2) is 12.1. The molecule has 11 heteroatoms. The average molecular weight is 556 g/mol. The second-order valence-electron chi connectivity index (χ2n) is 7.42. The molecular formula is C22H25BrF2N6S2. The zero-order chi connectivity index (χ0) is 23.0. The van der Waals surface area contributed by atoms with Crippen molar-refractivity contribution in [1.82, 2.24) is 25.9 Å². The first kappa shape index (κ1) is 24.4. The number of hydrogen-bond acceptors (Lipinski definition) is 8. The van der Waals surface area contributed by atoms with Gasteiger partial charge in [0.05, 0.1) is 20.4 Å². The van der Waals surface area contributed by atoms with E-state index in [-0.39, 0.29) is 11.6 Å². The monoisotopic (exact) mass is 554 g/mol. The lowest BCUT2D eigenvalue weighted by molar-refractivity contribution is 0.534. The van der Waals surface area contributed by atoms with Crippen molar-refractivity contribution in [2.24, 2.45) is 0 Å². The fraction of sp³-hybridized carbons (Fsp3) is 0.364. The maximum atomic E-state index is 13.0. The Labute approximate surface area is 207 Å². The van der Waals surface area contributed by atoms with E-state index in [2.05, 4.69) is 46.7 Å². The molecule has 0 spiro atoms. The highest BCUT2D eigenvalue weighted by Crippen LogP contribution is 2.29. The molecule has 0 unspecified atom stereocenters. The van der Waals surface area contributed by atoms with Gasteiger partial charge < -0.3 is 20.9 Å². The summed E-state index contributed by atoms with van der Waals surface area (Å²) >= 11 is 6.37. The van der Waals surface area contributed by atoms with E-state index < -0.39 is 0 Å². The summed E-state index contributed by atoms with van der Waals surface area (Å²) in [6, 6.07) is 9.38. The van der Waals surface area contributed by atoms with E-state index in [1.807, 2.05) is 0 Å². The Morgan fingerprint density at radius 2 is 1.24 bits per heavy atom. The number of nitrogens with one attached hydrogen (secondary N) is 3. The largest absolute Gasteiger partial charge is 0.346 e. The summed E-state index contributed by atoms with van der Waals surface area (Å²) < 4.78 is 28.5. The van der Waals surface area contributed by atoms with E-state index in [1.54, 1.807) is 23.5 Å². The molecule has 2 saturated heterocycles. The Hall–Kier alpha value is -1.76. The zero-order valence-corrected chi connectivity index (χ0v) is 21.1. The minimum Gasteiger partial charge on any atom is -0.346 e. The highest BCUT2D eigenvalue weighted by molar-refractivity contribution is 9.11.